The molecule has 0 N–H and O–H groups in total. The maximum Gasteiger partial charge on any atom is 0.260 e. The average Bonchev–Trinajstić information content (AvgIpc) is 2.72. The Balaban J connectivity index is 1.48. The van der Waals surface area contributed by atoms with Crippen LogP contribution in [0, 0.1) is 0 Å². The molecule has 2 aromatic rings. The number of hydrogen-bond donors (Lipinski definition) is 0. The van der Waals surface area contributed by atoms with Crippen LogP contribution in [-0.4, -0.2) is 60.7 Å². The van der Waals surface area contributed by atoms with Gasteiger partial charge in [-0.1, -0.05) is 18.2 Å². The molecule has 26 heavy (non-hydrogen) atoms. The maximum absolute atomic E-state index is 12.6. The van der Waals surface area contributed by atoms with Gasteiger partial charge >= 0.3 is 0 Å². The first kappa shape index (κ1) is 18.3. The monoisotopic (exact) mass is 370 g/mol. The molecule has 0 radical (unpaired) electrons. The highest BCUT2D eigenvalue weighted by atomic mass is 32.2. The lowest BCUT2D eigenvalue weighted by Crippen LogP contribution is -2.51. The molecule has 0 aromatic heterocycles. The Labute approximate surface area is 157 Å². The van der Waals surface area contributed by atoms with Crippen LogP contribution in [0.5, 0.6) is 5.75 Å². The molecule has 136 valence electrons. The molecule has 0 saturated carbocycles. The normalized spacial score (nSPS) is 14.2. The second kappa shape index (κ2) is 8.76. The minimum atomic E-state index is -0.0507. The zero-order valence-corrected chi connectivity index (χ0v) is 15.6. The molecule has 1 aliphatic heterocycles. The number of para-hydroxylation sites is 1. The molecule has 0 spiro atoms. The fourth-order valence-electron chi connectivity index (χ4n) is 2.83. The minimum absolute atomic E-state index is 0.0188. The zero-order chi connectivity index (χ0) is 18.4. The average molecular weight is 370 g/mol. The topological polar surface area (TPSA) is 49.9 Å². The molecule has 1 aliphatic rings. The van der Waals surface area contributed by atoms with Crippen LogP contribution in [0.15, 0.2) is 59.5 Å². The molecule has 2 aromatic carbocycles. The van der Waals surface area contributed by atoms with Crippen LogP contribution in [0.1, 0.15) is 10.4 Å². The molecule has 0 bridgehead atoms. The Morgan fingerprint density at radius 3 is 2.15 bits per heavy atom. The first-order valence-electron chi connectivity index (χ1n) is 8.56. The SMILES string of the molecule is CSc1ccc(C(=O)N2CCN(C(=O)COc3ccccc3)CC2)cc1. The van der Waals surface area contributed by atoms with Gasteiger partial charge in [0.1, 0.15) is 5.75 Å². The summed E-state index contributed by atoms with van der Waals surface area (Å²) in [4.78, 5) is 29.6. The van der Waals surface area contributed by atoms with Gasteiger partial charge in [0, 0.05) is 36.6 Å². The van der Waals surface area contributed by atoms with Gasteiger partial charge in [-0.2, -0.15) is 0 Å². The van der Waals surface area contributed by atoms with E-state index in [0.29, 0.717) is 37.5 Å². The predicted molar refractivity (Wildman–Crippen MR) is 103 cm³/mol. The van der Waals surface area contributed by atoms with E-state index in [1.165, 1.54) is 0 Å². The fraction of sp³-hybridized carbons (Fsp3) is 0.300. The van der Waals surface area contributed by atoms with Gasteiger partial charge in [0.2, 0.25) is 0 Å². The van der Waals surface area contributed by atoms with Gasteiger partial charge in [0.25, 0.3) is 11.8 Å². The summed E-state index contributed by atoms with van der Waals surface area (Å²) in [5.74, 6) is 0.652. The molecular formula is C20H22N2O3S. The quantitative estimate of drug-likeness (QED) is 0.760. The van der Waals surface area contributed by atoms with E-state index in [1.54, 1.807) is 21.6 Å². The number of rotatable bonds is 5. The van der Waals surface area contributed by atoms with Gasteiger partial charge in [-0.3, -0.25) is 9.59 Å². The van der Waals surface area contributed by atoms with Crippen molar-refractivity contribution in [3.8, 4) is 5.75 Å². The molecule has 5 nitrogen and oxygen atoms in total. The second-order valence-electron chi connectivity index (χ2n) is 6.00. The number of hydrogen-bond acceptors (Lipinski definition) is 4. The summed E-state index contributed by atoms with van der Waals surface area (Å²) < 4.78 is 5.51. The predicted octanol–water partition coefficient (Wildman–Crippen LogP) is 2.77. The van der Waals surface area contributed by atoms with Crippen molar-refractivity contribution in [2.45, 2.75) is 4.90 Å². The first-order chi connectivity index (χ1) is 12.7. The Bertz CT molecular complexity index is 741. The summed E-state index contributed by atoms with van der Waals surface area (Å²) in [5.41, 5.74) is 0.690. The van der Waals surface area contributed by atoms with Gasteiger partial charge in [-0.05, 0) is 42.7 Å². The van der Waals surface area contributed by atoms with E-state index in [2.05, 4.69) is 0 Å². The third kappa shape index (κ3) is 4.58. The van der Waals surface area contributed by atoms with E-state index in [0.717, 1.165) is 4.90 Å². The van der Waals surface area contributed by atoms with Crippen molar-refractivity contribution in [2.24, 2.45) is 0 Å². The van der Waals surface area contributed by atoms with E-state index in [-0.39, 0.29) is 18.4 Å². The molecule has 3 rings (SSSR count). The van der Waals surface area contributed by atoms with Crippen LogP contribution in [0.2, 0.25) is 0 Å². The number of thioether (sulfide) groups is 1. The van der Waals surface area contributed by atoms with Gasteiger partial charge in [-0.25, -0.2) is 0 Å². The summed E-state index contributed by atoms with van der Waals surface area (Å²) in [6, 6.07) is 16.9. The van der Waals surface area contributed by atoms with Gasteiger partial charge in [-0.15, -0.1) is 11.8 Å². The van der Waals surface area contributed by atoms with Gasteiger partial charge in [0.05, 0.1) is 0 Å². The van der Waals surface area contributed by atoms with E-state index in [1.807, 2.05) is 60.9 Å². The molecule has 0 unspecified atom stereocenters. The van der Waals surface area contributed by atoms with Crippen LogP contribution in [0.4, 0.5) is 0 Å². The second-order valence-corrected chi connectivity index (χ2v) is 6.88. The van der Waals surface area contributed by atoms with Crippen molar-refractivity contribution in [1.29, 1.82) is 0 Å². The lowest BCUT2D eigenvalue weighted by Gasteiger charge is -2.34. The molecular weight excluding hydrogens is 348 g/mol. The van der Waals surface area contributed by atoms with Crippen molar-refractivity contribution in [2.75, 3.05) is 39.0 Å². The summed E-state index contributed by atoms with van der Waals surface area (Å²) in [6.45, 7) is 2.17. The molecule has 1 saturated heterocycles. The fourth-order valence-corrected chi connectivity index (χ4v) is 3.24. The lowest BCUT2D eigenvalue weighted by atomic mass is 10.2. The smallest absolute Gasteiger partial charge is 0.260 e. The van der Waals surface area contributed by atoms with Crippen molar-refractivity contribution in [3.63, 3.8) is 0 Å². The Kier molecular flexibility index (Phi) is 6.17. The highest BCUT2D eigenvalue weighted by Crippen LogP contribution is 2.17. The summed E-state index contributed by atoms with van der Waals surface area (Å²) in [5, 5.41) is 0. The van der Waals surface area contributed by atoms with Crippen molar-refractivity contribution in [1.82, 2.24) is 9.80 Å². The molecule has 6 heteroatoms. The summed E-state index contributed by atoms with van der Waals surface area (Å²) >= 11 is 1.65. The standard InChI is InChI=1S/C20H22N2O3S/c1-26-18-9-7-16(8-10-18)20(24)22-13-11-21(12-14-22)19(23)15-25-17-5-3-2-4-6-17/h2-10H,11-15H2,1H3. The Hall–Kier alpha value is -2.47. The van der Waals surface area contributed by atoms with Crippen LogP contribution in [0.3, 0.4) is 0 Å². The Morgan fingerprint density at radius 1 is 0.923 bits per heavy atom. The first-order valence-corrected chi connectivity index (χ1v) is 9.79. The van der Waals surface area contributed by atoms with E-state index in [4.69, 9.17) is 4.74 Å². The van der Waals surface area contributed by atoms with Crippen molar-refractivity contribution < 1.29 is 14.3 Å². The van der Waals surface area contributed by atoms with Crippen molar-refractivity contribution >= 4 is 23.6 Å². The number of ether oxygens (including phenoxy) is 1. The van der Waals surface area contributed by atoms with E-state index >= 15 is 0 Å². The maximum atomic E-state index is 12.6. The molecule has 1 heterocycles. The lowest BCUT2D eigenvalue weighted by molar-refractivity contribution is -0.134. The van der Waals surface area contributed by atoms with Crippen LogP contribution in [0.25, 0.3) is 0 Å². The molecule has 0 aliphatic carbocycles. The number of carbonyl (C=O) groups excluding carboxylic acids is 2. The highest BCUT2D eigenvalue weighted by Gasteiger charge is 2.25. The zero-order valence-electron chi connectivity index (χ0n) is 14.8. The number of piperazine rings is 1. The molecule has 2 amide bonds. The van der Waals surface area contributed by atoms with Crippen LogP contribution < -0.4 is 4.74 Å². The molecule has 0 atom stereocenters. The van der Waals surface area contributed by atoms with Gasteiger partial charge < -0.3 is 14.5 Å². The van der Waals surface area contributed by atoms with E-state index in [9.17, 15) is 9.59 Å². The van der Waals surface area contributed by atoms with Gasteiger partial charge in [0.15, 0.2) is 6.61 Å². The number of amides is 2. The van der Waals surface area contributed by atoms with Crippen LogP contribution in [-0.2, 0) is 4.79 Å². The largest absolute Gasteiger partial charge is 0.484 e. The number of nitrogens with zero attached hydrogens (tertiary/aromatic N) is 2. The number of carbonyl (C=O) groups is 2. The molecule has 1 fully saturated rings. The Morgan fingerprint density at radius 2 is 1.54 bits per heavy atom. The third-order valence-corrected chi connectivity index (χ3v) is 5.11. The third-order valence-electron chi connectivity index (χ3n) is 4.36. The van der Waals surface area contributed by atoms with Crippen LogP contribution >= 0.6 is 11.8 Å². The highest BCUT2D eigenvalue weighted by molar-refractivity contribution is 7.98. The van der Waals surface area contributed by atoms with E-state index < -0.39 is 0 Å². The summed E-state index contributed by atoms with van der Waals surface area (Å²) in [7, 11) is 0. The van der Waals surface area contributed by atoms with Crippen molar-refractivity contribution in [3.05, 3.63) is 60.2 Å². The summed E-state index contributed by atoms with van der Waals surface area (Å²) in [6.07, 6.45) is 2.01. The minimum Gasteiger partial charge on any atom is -0.484 e. The number of benzene rings is 2.